The van der Waals surface area contributed by atoms with E-state index in [1.807, 2.05) is 11.3 Å². The Kier molecular flexibility index (Phi) is 8.43. The molecule has 280 valence electrons. The van der Waals surface area contributed by atoms with Crippen molar-refractivity contribution in [3.8, 4) is 55.6 Å². The maximum Gasteiger partial charge on any atom is 0.0540 e. The molecular weight excluding hydrogens is 731 g/mol. The van der Waals surface area contributed by atoms with E-state index in [-0.39, 0.29) is 5.41 Å². The van der Waals surface area contributed by atoms with Crippen LogP contribution in [0.2, 0.25) is 0 Å². The first-order chi connectivity index (χ1) is 29.0. The number of benzene rings is 9. The summed E-state index contributed by atoms with van der Waals surface area (Å²) in [5.41, 5.74) is 18.3. The van der Waals surface area contributed by atoms with Gasteiger partial charge in [-0.2, -0.15) is 0 Å². The molecule has 0 fully saturated rings. The molecule has 1 aromatic heterocycles. The third-order valence-electron chi connectivity index (χ3n) is 12.3. The van der Waals surface area contributed by atoms with Crippen molar-refractivity contribution in [2.24, 2.45) is 0 Å². The van der Waals surface area contributed by atoms with E-state index >= 15 is 0 Å². The van der Waals surface area contributed by atoms with Gasteiger partial charge in [0, 0.05) is 48.1 Å². The number of thiophene rings is 1. The Hall–Kier alpha value is -7.00. The number of hydrogen-bond acceptors (Lipinski definition) is 2. The molecule has 59 heavy (non-hydrogen) atoms. The molecular formula is C57H41NS. The van der Waals surface area contributed by atoms with E-state index in [1.54, 1.807) is 0 Å². The van der Waals surface area contributed by atoms with Gasteiger partial charge in [0.2, 0.25) is 0 Å². The van der Waals surface area contributed by atoms with Gasteiger partial charge in [0.1, 0.15) is 0 Å². The highest BCUT2D eigenvalue weighted by Crippen LogP contribution is 2.52. The van der Waals surface area contributed by atoms with Crippen molar-refractivity contribution in [1.29, 1.82) is 0 Å². The molecule has 0 bridgehead atoms. The first-order valence-electron chi connectivity index (χ1n) is 20.4. The van der Waals surface area contributed by atoms with Gasteiger partial charge in [0.15, 0.2) is 0 Å². The van der Waals surface area contributed by atoms with E-state index in [0.29, 0.717) is 0 Å². The molecule has 0 unspecified atom stereocenters. The number of anilines is 3. The zero-order valence-electron chi connectivity index (χ0n) is 33.1. The molecule has 2 heteroatoms. The summed E-state index contributed by atoms with van der Waals surface area (Å²) >= 11 is 1.89. The predicted octanol–water partition coefficient (Wildman–Crippen LogP) is 16.5. The number of fused-ring (bicyclic) bond motifs is 6. The summed E-state index contributed by atoms with van der Waals surface area (Å²) in [5.74, 6) is 0. The Bertz CT molecular complexity index is 3170. The minimum Gasteiger partial charge on any atom is -0.310 e. The molecule has 0 radical (unpaired) electrons. The zero-order chi connectivity index (χ0) is 39.5. The molecule has 11 rings (SSSR count). The molecule has 1 aliphatic carbocycles. The van der Waals surface area contributed by atoms with Gasteiger partial charge >= 0.3 is 0 Å². The van der Waals surface area contributed by atoms with Crippen molar-refractivity contribution in [2.45, 2.75) is 19.3 Å². The van der Waals surface area contributed by atoms with Crippen LogP contribution in [0.25, 0.3) is 75.8 Å². The summed E-state index contributed by atoms with van der Waals surface area (Å²) in [6, 6.07) is 78.2. The van der Waals surface area contributed by atoms with Crippen molar-refractivity contribution >= 4 is 48.6 Å². The lowest BCUT2D eigenvalue weighted by Crippen LogP contribution is -2.17. The second-order valence-corrected chi connectivity index (χ2v) is 17.1. The van der Waals surface area contributed by atoms with Crippen LogP contribution in [-0.2, 0) is 5.41 Å². The highest BCUT2D eigenvalue weighted by atomic mass is 32.1. The van der Waals surface area contributed by atoms with Crippen molar-refractivity contribution < 1.29 is 0 Å². The molecule has 0 saturated carbocycles. The van der Waals surface area contributed by atoms with Crippen LogP contribution in [0.15, 0.2) is 212 Å². The lowest BCUT2D eigenvalue weighted by atomic mass is 9.82. The summed E-state index contributed by atoms with van der Waals surface area (Å²) in [5, 5.41) is 2.61. The minimum absolute atomic E-state index is 0.135. The molecule has 0 amide bonds. The fraction of sp³-hybridized carbons (Fsp3) is 0.0526. The summed E-state index contributed by atoms with van der Waals surface area (Å²) in [7, 11) is 0. The summed E-state index contributed by atoms with van der Waals surface area (Å²) in [6.45, 7) is 4.73. The first kappa shape index (κ1) is 35.2. The van der Waals surface area contributed by atoms with Gasteiger partial charge in [0.25, 0.3) is 0 Å². The molecule has 0 saturated heterocycles. The Morgan fingerprint density at radius 1 is 0.356 bits per heavy atom. The standard InChI is InChI=1S/C57H41NS/c1-57(2)52-25-12-9-20-45(52)46-35-33-43(37-53(46)57)58(42-31-28-40(29-32-42)38-16-5-3-6-17-38)54-26-13-10-21-47(54)51-36-41(39-18-7-4-8-19-39)30-34-44(51)49-23-15-24-50-48-22-11-14-27-55(48)59-56(49)50/h3-37H,1-2H3. The molecule has 0 spiro atoms. The third-order valence-corrected chi connectivity index (χ3v) is 13.5. The van der Waals surface area contributed by atoms with Crippen LogP contribution < -0.4 is 4.90 Å². The Morgan fingerprint density at radius 3 is 1.71 bits per heavy atom. The Morgan fingerprint density at radius 2 is 0.915 bits per heavy atom. The second kappa shape index (κ2) is 14.1. The van der Waals surface area contributed by atoms with E-state index in [4.69, 9.17) is 0 Å². The normalized spacial score (nSPS) is 12.7. The van der Waals surface area contributed by atoms with Gasteiger partial charge in [-0.3, -0.25) is 0 Å². The van der Waals surface area contributed by atoms with E-state index in [1.165, 1.54) is 86.9 Å². The average Bonchev–Trinajstić information content (AvgIpc) is 3.79. The van der Waals surface area contributed by atoms with Crippen LogP contribution in [0.5, 0.6) is 0 Å². The lowest BCUT2D eigenvalue weighted by Gasteiger charge is -2.30. The monoisotopic (exact) mass is 771 g/mol. The number of para-hydroxylation sites is 1. The van der Waals surface area contributed by atoms with Crippen LogP contribution >= 0.6 is 11.3 Å². The minimum atomic E-state index is -0.135. The maximum absolute atomic E-state index is 2.47. The number of nitrogens with zero attached hydrogens (tertiary/aromatic N) is 1. The van der Waals surface area contributed by atoms with E-state index in [0.717, 1.165) is 17.1 Å². The molecule has 9 aromatic carbocycles. The fourth-order valence-electron chi connectivity index (χ4n) is 9.36. The van der Waals surface area contributed by atoms with E-state index in [9.17, 15) is 0 Å². The van der Waals surface area contributed by atoms with Gasteiger partial charge in [-0.25, -0.2) is 0 Å². The van der Waals surface area contributed by atoms with Crippen molar-refractivity contribution in [2.75, 3.05) is 4.90 Å². The molecule has 10 aromatic rings. The molecule has 0 N–H and O–H groups in total. The fourth-order valence-corrected chi connectivity index (χ4v) is 10.6. The first-order valence-corrected chi connectivity index (χ1v) is 21.2. The van der Waals surface area contributed by atoms with E-state index in [2.05, 4.69) is 231 Å². The van der Waals surface area contributed by atoms with Gasteiger partial charge in [-0.1, -0.05) is 184 Å². The van der Waals surface area contributed by atoms with Crippen LogP contribution in [-0.4, -0.2) is 0 Å². The van der Waals surface area contributed by atoms with Gasteiger partial charge in [0.05, 0.1) is 5.69 Å². The topological polar surface area (TPSA) is 3.24 Å². The van der Waals surface area contributed by atoms with Gasteiger partial charge in [-0.05, 0) is 98.1 Å². The highest BCUT2D eigenvalue weighted by molar-refractivity contribution is 7.26. The highest BCUT2D eigenvalue weighted by Gasteiger charge is 2.36. The Labute approximate surface area is 350 Å². The quantitative estimate of drug-likeness (QED) is 0.156. The molecule has 1 heterocycles. The summed E-state index contributed by atoms with van der Waals surface area (Å²) in [6.07, 6.45) is 0. The van der Waals surface area contributed by atoms with Gasteiger partial charge in [-0.15, -0.1) is 11.3 Å². The van der Waals surface area contributed by atoms with Crippen LogP contribution in [0.3, 0.4) is 0 Å². The number of rotatable bonds is 7. The van der Waals surface area contributed by atoms with Crippen molar-refractivity contribution in [3.05, 3.63) is 223 Å². The molecule has 0 aliphatic heterocycles. The van der Waals surface area contributed by atoms with E-state index < -0.39 is 0 Å². The second-order valence-electron chi connectivity index (χ2n) is 16.1. The smallest absolute Gasteiger partial charge is 0.0540 e. The van der Waals surface area contributed by atoms with Crippen molar-refractivity contribution in [1.82, 2.24) is 0 Å². The molecule has 0 atom stereocenters. The summed E-state index contributed by atoms with van der Waals surface area (Å²) < 4.78 is 2.62. The van der Waals surface area contributed by atoms with Gasteiger partial charge < -0.3 is 4.90 Å². The van der Waals surface area contributed by atoms with Crippen molar-refractivity contribution in [3.63, 3.8) is 0 Å². The summed E-state index contributed by atoms with van der Waals surface area (Å²) in [4.78, 5) is 2.47. The largest absolute Gasteiger partial charge is 0.310 e. The average molecular weight is 772 g/mol. The number of hydrogen-bond donors (Lipinski definition) is 0. The molecule has 1 nitrogen and oxygen atoms in total. The van der Waals surface area contributed by atoms with Crippen LogP contribution in [0.1, 0.15) is 25.0 Å². The predicted molar refractivity (Wildman–Crippen MR) is 253 cm³/mol. The Balaban J connectivity index is 1.15. The molecule has 1 aliphatic rings. The third kappa shape index (κ3) is 5.91. The lowest BCUT2D eigenvalue weighted by molar-refractivity contribution is 0.660. The maximum atomic E-state index is 2.47. The van der Waals surface area contributed by atoms with Crippen LogP contribution in [0.4, 0.5) is 17.1 Å². The SMILES string of the molecule is CC1(C)c2ccccc2-c2ccc(N(c3ccc(-c4ccccc4)cc3)c3ccccc3-c3cc(-c4ccccc4)ccc3-c3cccc4c3sc3ccccc34)cc21. The van der Waals surface area contributed by atoms with Crippen LogP contribution in [0, 0.1) is 0 Å². The zero-order valence-corrected chi connectivity index (χ0v) is 33.9.